The molecule has 0 bridgehead atoms. The minimum absolute atomic E-state index is 0.0277. The molecule has 1 aromatic heterocycles. The number of hydrogen-bond acceptors (Lipinski definition) is 3. The Morgan fingerprint density at radius 2 is 2.04 bits per heavy atom. The van der Waals surface area contributed by atoms with Crippen LogP contribution >= 0.6 is 11.6 Å². The number of pyridine rings is 1. The van der Waals surface area contributed by atoms with E-state index in [0.29, 0.717) is 36.5 Å². The number of carboxylic acids is 1. The van der Waals surface area contributed by atoms with Gasteiger partial charge in [0.05, 0.1) is 16.3 Å². The Hall–Kier alpha value is -2.93. The van der Waals surface area contributed by atoms with Gasteiger partial charge in [0.1, 0.15) is 6.67 Å². The van der Waals surface area contributed by atoms with Crippen LogP contribution in [0.15, 0.2) is 42.6 Å². The second-order valence-corrected chi connectivity index (χ2v) is 6.45. The number of carbonyl (C=O) groups excluding carboxylic acids is 1. The van der Waals surface area contributed by atoms with Crippen LogP contribution in [0.1, 0.15) is 28.0 Å². The first-order chi connectivity index (χ1) is 13.0. The molecule has 0 fully saturated rings. The monoisotopic (exact) mass is 389 g/mol. The Kier molecular flexibility index (Phi) is 5.71. The minimum Gasteiger partial charge on any atom is -0.478 e. The van der Waals surface area contributed by atoms with Crippen LogP contribution in [-0.2, 0) is 6.67 Å². The van der Waals surface area contributed by atoms with Gasteiger partial charge in [0, 0.05) is 25.0 Å². The van der Waals surface area contributed by atoms with Crippen molar-refractivity contribution in [1.29, 1.82) is 0 Å². The number of benzene rings is 1. The van der Waals surface area contributed by atoms with E-state index in [1.807, 2.05) is 6.08 Å². The summed E-state index contributed by atoms with van der Waals surface area (Å²) in [6, 6.07) is 7.68. The molecule has 0 radical (unpaired) electrons. The van der Waals surface area contributed by atoms with Gasteiger partial charge in [-0.05, 0) is 35.8 Å². The normalized spacial score (nSPS) is 13.9. The summed E-state index contributed by atoms with van der Waals surface area (Å²) in [7, 11) is 0. The number of anilines is 1. The zero-order chi connectivity index (χ0) is 19.4. The van der Waals surface area contributed by atoms with Crippen LogP contribution in [0.3, 0.4) is 0 Å². The molecular formula is C19H17ClFN3O3. The van der Waals surface area contributed by atoms with Gasteiger partial charge in [-0.25, -0.2) is 14.0 Å². The molecule has 2 aromatic rings. The summed E-state index contributed by atoms with van der Waals surface area (Å²) >= 11 is 6.15. The van der Waals surface area contributed by atoms with E-state index in [2.05, 4.69) is 10.3 Å². The van der Waals surface area contributed by atoms with E-state index < -0.39 is 12.6 Å². The smallest absolute Gasteiger partial charge is 0.337 e. The van der Waals surface area contributed by atoms with Gasteiger partial charge in [0.25, 0.3) is 0 Å². The first-order valence-electron chi connectivity index (χ1n) is 8.27. The summed E-state index contributed by atoms with van der Waals surface area (Å²) in [6.45, 7) is 0.305. The van der Waals surface area contributed by atoms with Crippen LogP contribution < -0.4 is 5.32 Å². The van der Waals surface area contributed by atoms with Crippen LogP contribution in [0.4, 0.5) is 14.9 Å². The van der Waals surface area contributed by atoms with Crippen LogP contribution in [0.25, 0.3) is 5.57 Å². The lowest BCUT2D eigenvalue weighted by Gasteiger charge is -2.26. The maximum atomic E-state index is 12.5. The van der Waals surface area contributed by atoms with Gasteiger partial charge in [-0.3, -0.25) is 4.98 Å². The quantitative estimate of drug-likeness (QED) is 0.820. The number of aromatic carboxylic acids is 1. The number of carboxylic acid groups (broad SMARTS) is 1. The summed E-state index contributed by atoms with van der Waals surface area (Å²) in [5, 5.41) is 12.0. The first kappa shape index (κ1) is 18.8. The predicted octanol–water partition coefficient (Wildman–Crippen LogP) is 4.22. The van der Waals surface area contributed by atoms with Crippen LogP contribution in [0, 0.1) is 0 Å². The first-order valence-corrected chi connectivity index (χ1v) is 8.65. The van der Waals surface area contributed by atoms with Crippen LogP contribution in [0.5, 0.6) is 0 Å². The number of amides is 2. The number of halogens is 2. The summed E-state index contributed by atoms with van der Waals surface area (Å²) < 4.78 is 12.5. The zero-order valence-electron chi connectivity index (χ0n) is 14.3. The molecule has 1 aliphatic heterocycles. The van der Waals surface area contributed by atoms with Crippen molar-refractivity contribution in [3.63, 3.8) is 0 Å². The third kappa shape index (κ3) is 4.43. The number of nitrogens with zero attached hydrogens (tertiary/aromatic N) is 2. The van der Waals surface area contributed by atoms with Crippen molar-refractivity contribution in [2.45, 2.75) is 13.1 Å². The van der Waals surface area contributed by atoms with E-state index in [1.165, 1.54) is 12.3 Å². The van der Waals surface area contributed by atoms with Crippen LogP contribution in [0.2, 0.25) is 5.02 Å². The van der Waals surface area contributed by atoms with Crippen molar-refractivity contribution in [3.05, 3.63) is 64.4 Å². The van der Waals surface area contributed by atoms with Gasteiger partial charge in [-0.15, -0.1) is 0 Å². The van der Waals surface area contributed by atoms with Gasteiger partial charge < -0.3 is 15.3 Å². The van der Waals surface area contributed by atoms with Gasteiger partial charge in [-0.1, -0.05) is 29.8 Å². The average Bonchev–Trinajstić information content (AvgIpc) is 2.68. The number of rotatable bonds is 4. The van der Waals surface area contributed by atoms with Gasteiger partial charge in [0.15, 0.2) is 0 Å². The molecule has 2 N–H and O–H groups in total. The molecule has 0 spiro atoms. The molecule has 0 aliphatic carbocycles. The highest BCUT2D eigenvalue weighted by molar-refractivity contribution is 6.32. The van der Waals surface area contributed by atoms with Crippen molar-refractivity contribution in [1.82, 2.24) is 9.88 Å². The van der Waals surface area contributed by atoms with Crippen molar-refractivity contribution in [2.24, 2.45) is 0 Å². The lowest BCUT2D eigenvalue weighted by molar-refractivity contribution is 0.0696. The zero-order valence-corrected chi connectivity index (χ0v) is 15.0. The molecule has 0 saturated heterocycles. The van der Waals surface area contributed by atoms with Crippen molar-refractivity contribution in [2.75, 3.05) is 18.4 Å². The van der Waals surface area contributed by atoms with Crippen molar-refractivity contribution < 1.29 is 19.1 Å². The average molecular weight is 390 g/mol. The topological polar surface area (TPSA) is 82.5 Å². The SMILES string of the molecule is O=C(O)c1cnc(C2=CCN(C(=O)Nc3ccc(CF)cc3)CC2)c(Cl)c1. The number of urea groups is 1. The summed E-state index contributed by atoms with van der Waals surface area (Å²) in [5.74, 6) is -1.09. The Bertz CT molecular complexity index is 900. The molecular weight excluding hydrogens is 373 g/mol. The van der Waals surface area contributed by atoms with Gasteiger partial charge in [0.2, 0.25) is 0 Å². The Balaban J connectivity index is 1.65. The molecule has 2 heterocycles. The summed E-state index contributed by atoms with van der Waals surface area (Å²) in [6.07, 6.45) is 3.67. The third-order valence-electron chi connectivity index (χ3n) is 4.25. The van der Waals surface area contributed by atoms with Crippen LogP contribution in [-0.4, -0.2) is 40.1 Å². The maximum Gasteiger partial charge on any atom is 0.337 e. The predicted molar refractivity (Wildman–Crippen MR) is 101 cm³/mol. The lowest BCUT2D eigenvalue weighted by atomic mass is 10.0. The maximum absolute atomic E-state index is 12.5. The second kappa shape index (κ2) is 8.18. The van der Waals surface area contributed by atoms with Crippen molar-refractivity contribution in [3.8, 4) is 0 Å². The highest BCUT2D eigenvalue weighted by Gasteiger charge is 2.20. The standard InChI is InChI=1S/C19H17ClFN3O3/c20-16-9-14(18(25)26)11-22-17(16)13-5-7-24(8-6-13)19(27)23-15-3-1-12(10-21)2-4-15/h1-5,9,11H,6-8,10H2,(H,23,27)(H,25,26). The molecule has 2 amide bonds. The molecule has 0 unspecified atom stereocenters. The minimum atomic E-state index is -1.09. The molecule has 1 aromatic carbocycles. The summed E-state index contributed by atoms with van der Waals surface area (Å²) in [4.78, 5) is 29.1. The third-order valence-corrected chi connectivity index (χ3v) is 4.54. The molecule has 0 saturated carbocycles. The number of nitrogens with one attached hydrogen (secondary N) is 1. The molecule has 0 atom stereocenters. The molecule has 1 aliphatic rings. The molecule has 8 heteroatoms. The van der Waals surface area contributed by atoms with E-state index in [9.17, 15) is 14.0 Å². The van der Waals surface area contributed by atoms with Gasteiger partial charge >= 0.3 is 12.0 Å². The molecule has 140 valence electrons. The van der Waals surface area contributed by atoms with Crippen molar-refractivity contribution >= 4 is 34.9 Å². The Morgan fingerprint density at radius 1 is 1.30 bits per heavy atom. The fraction of sp³-hybridized carbons (Fsp3) is 0.211. The largest absolute Gasteiger partial charge is 0.478 e. The van der Waals surface area contributed by atoms with Gasteiger partial charge in [-0.2, -0.15) is 0 Å². The molecule has 27 heavy (non-hydrogen) atoms. The van der Waals surface area contributed by atoms with E-state index in [4.69, 9.17) is 16.7 Å². The number of aromatic nitrogens is 1. The fourth-order valence-corrected chi connectivity index (χ4v) is 3.03. The molecule has 6 nitrogen and oxygen atoms in total. The number of alkyl halides is 1. The van der Waals surface area contributed by atoms with E-state index >= 15 is 0 Å². The summed E-state index contributed by atoms with van der Waals surface area (Å²) in [5.41, 5.74) is 2.58. The van der Waals surface area contributed by atoms with E-state index in [0.717, 1.165) is 5.57 Å². The Labute approximate surface area is 160 Å². The number of hydrogen-bond donors (Lipinski definition) is 2. The van der Waals surface area contributed by atoms with E-state index in [-0.39, 0.29) is 16.6 Å². The fourth-order valence-electron chi connectivity index (χ4n) is 2.74. The molecule has 3 rings (SSSR count). The lowest BCUT2D eigenvalue weighted by Crippen LogP contribution is -2.37. The van der Waals surface area contributed by atoms with E-state index in [1.54, 1.807) is 29.2 Å². The Morgan fingerprint density at radius 3 is 2.59 bits per heavy atom. The highest BCUT2D eigenvalue weighted by atomic mass is 35.5. The second-order valence-electron chi connectivity index (χ2n) is 6.05. The number of carbonyl (C=O) groups is 2. The highest BCUT2D eigenvalue weighted by Crippen LogP contribution is 2.27.